The van der Waals surface area contributed by atoms with Crippen LogP contribution in [-0.4, -0.2) is 46.2 Å². The number of esters is 1. The van der Waals surface area contributed by atoms with E-state index >= 15 is 0 Å². The molecule has 0 aliphatic heterocycles. The minimum atomic E-state index is -0.100. The number of fused-ring (bicyclic) bond motifs is 1. The molecule has 8 heteroatoms. The van der Waals surface area contributed by atoms with Gasteiger partial charge in [-0.25, -0.2) is 0 Å². The minimum Gasteiger partial charge on any atom is -0.462 e. The molecule has 1 fully saturated rings. The van der Waals surface area contributed by atoms with Gasteiger partial charge in [0.25, 0.3) is 0 Å². The highest BCUT2D eigenvalue weighted by atomic mass is 16.5. The van der Waals surface area contributed by atoms with Crippen molar-refractivity contribution < 1.29 is 9.53 Å². The molecule has 0 amide bonds. The topological polar surface area (TPSA) is 92.9 Å². The van der Waals surface area contributed by atoms with Gasteiger partial charge in [-0.3, -0.25) is 14.2 Å². The SMILES string of the molecule is CN=C(NCCCC(=O)OC1CCCC1)NCc1nnc2ccccn12. The number of pyridine rings is 1. The third-order valence-electron chi connectivity index (χ3n) is 4.47. The molecule has 1 aliphatic rings. The molecule has 2 N–H and O–H groups in total. The third kappa shape index (κ3) is 4.93. The Morgan fingerprint density at radius 2 is 2.15 bits per heavy atom. The molecule has 0 saturated heterocycles. The van der Waals surface area contributed by atoms with Gasteiger partial charge in [0.1, 0.15) is 6.10 Å². The molecule has 3 rings (SSSR count). The second-order valence-corrected chi connectivity index (χ2v) is 6.40. The fraction of sp³-hybridized carbons (Fsp3) is 0.556. The van der Waals surface area contributed by atoms with Crippen molar-refractivity contribution in [2.24, 2.45) is 4.99 Å². The lowest BCUT2D eigenvalue weighted by Gasteiger charge is -2.13. The number of aliphatic imine (C=N–C) groups is 1. The summed E-state index contributed by atoms with van der Waals surface area (Å²) in [6.07, 6.45) is 7.57. The monoisotopic (exact) mass is 358 g/mol. The van der Waals surface area contributed by atoms with E-state index in [2.05, 4.69) is 25.8 Å². The van der Waals surface area contributed by atoms with Crippen molar-refractivity contribution in [2.45, 2.75) is 51.2 Å². The summed E-state index contributed by atoms with van der Waals surface area (Å²) in [5.74, 6) is 1.38. The zero-order valence-electron chi connectivity index (χ0n) is 15.1. The predicted octanol–water partition coefficient (Wildman–Crippen LogP) is 1.66. The van der Waals surface area contributed by atoms with Crippen LogP contribution >= 0.6 is 0 Å². The number of rotatable bonds is 7. The molecule has 2 aromatic rings. The van der Waals surface area contributed by atoms with Gasteiger partial charge in [0.2, 0.25) is 0 Å². The molecule has 0 bridgehead atoms. The number of nitrogens with zero attached hydrogens (tertiary/aromatic N) is 4. The molecule has 26 heavy (non-hydrogen) atoms. The summed E-state index contributed by atoms with van der Waals surface area (Å²) in [6.45, 7) is 1.16. The van der Waals surface area contributed by atoms with Crippen molar-refractivity contribution in [3.8, 4) is 0 Å². The third-order valence-corrected chi connectivity index (χ3v) is 4.47. The lowest BCUT2D eigenvalue weighted by molar-refractivity contribution is -0.148. The summed E-state index contributed by atoms with van der Waals surface area (Å²) in [4.78, 5) is 16.0. The van der Waals surface area contributed by atoms with Gasteiger partial charge in [0, 0.05) is 26.2 Å². The van der Waals surface area contributed by atoms with Crippen LogP contribution in [0.2, 0.25) is 0 Å². The van der Waals surface area contributed by atoms with Gasteiger partial charge in [-0.15, -0.1) is 10.2 Å². The second-order valence-electron chi connectivity index (χ2n) is 6.40. The summed E-state index contributed by atoms with van der Waals surface area (Å²) in [5.41, 5.74) is 0.813. The Morgan fingerprint density at radius 3 is 2.96 bits per heavy atom. The Balaban J connectivity index is 1.36. The summed E-state index contributed by atoms with van der Waals surface area (Å²) in [5, 5.41) is 14.7. The fourth-order valence-corrected chi connectivity index (χ4v) is 3.09. The standard InChI is InChI=1S/C18H26N6O2/c1-19-18(20-11-6-10-17(25)26-14-7-2-3-8-14)21-13-16-23-22-15-9-4-5-12-24(15)16/h4-5,9,12,14H,2-3,6-8,10-11,13H2,1H3,(H2,19,20,21). The Bertz CT molecular complexity index is 751. The molecule has 1 aliphatic carbocycles. The predicted molar refractivity (Wildman–Crippen MR) is 98.8 cm³/mol. The molecular weight excluding hydrogens is 332 g/mol. The number of nitrogens with one attached hydrogen (secondary N) is 2. The van der Waals surface area contributed by atoms with Gasteiger partial charge >= 0.3 is 5.97 Å². The van der Waals surface area contributed by atoms with Gasteiger partial charge in [-0.1, -0.05) is 6.07 Å². The van der Waals surface area contributed by atoms with E-state index in [9.17, 15) is 4.79 Å². The Morgan fingerprint density at radius 1 is 1.31 bits per heavy atom. The number of hydrogen-bond donors (Lipinski definition) is 2. The molecule has 140 valence electrons. The summed E-state index contributed by atoms with van der Waals surface area (Å²) < 4.78 is 7.38. The van der Waals surface area contributed by atoms with Gasteiger partial charge in [0.15, 0.2) is 17.4 Å². The second kappa shape index (κ2) is 9.17. The summed E-state index contributed by atoms with van der Waals surface area (Å²) in [7, 11) is 1.71. The molecule has 1 saturated carbocycles. The molecule has 0 aromatic carbocycles. The van der Waals surface area contributed by atoms with E-state index in [0.717, 1.165) is 24.3 Å². The summed E-state index contributed by atoms with van der Waals surface area (Å²) in [6, 6.07) is 5.78. The van der Waals surface area contributed by atoms with Crippen molar-refractivity contribution in [3.05, 3.63) is 30.2 Å². The Kier molecular flexibility index (Phi) is 6.40. The highest BCUT2D eigenvalue weighted by Gasteiger charge is 2.18. The number of ether oxygens (including phenoxy) is 1. The maximum atomic E-state index is 11.8. The van der Waals surface area contributed by atoms with Crippen LogP contribution in [0.25, 0.3) is 5.65 Å². The lowest BCUT2D eigenvalue weighted by Crippen LogP contribution is -2.37. The van der Waals surface area contributed by atoms with Crippen LogP contribution in [-0.2, 0) is 16.1 Å². The smallest absolute Gasteiger partial charge is 0.306 e. The zero-order chi connectivity index (χ0) is 18.2. The van der Waals surface area contributed by atoms with Crippen molar-refractivity contribution >= 4 is 17.6 Å². The first-order valence-electron chi connectivity index (χ1n) is 9.19. The van der Waals surface area contributed by atoms with E-state index in [4.69, 9.17) is 4.74 Å². The molecule has 0 atom stereocenters. The maximum absolute atomic E-state index is 11.8. The average Bonchev–Trinajstić information content (AvgIpc) is 3.31. The van der Waals surface area contributed by atoms with Crippen LogP contribution in [0, 0.1) is 0 Å². The lowest BCUT2D eigenvalue weighted by atomic mass is 10.3. The zero-order valence-corrected chi connectivity index (χ0v) is 15.1. The number of aromatic nitrogens is 3. The van der Waals surface area contributed by atoms with Crippen LogP contribution in [0.1, 0.15) is 44.3 Å². The number of carbonyl (C=O) groups excluding carboxylic acids is 1. The first kappa shape index (κ1) is 18.2. The Hall–Kier alpha value is -2.64. The van der Waals surface area contributed by atoms with E-state index in [1.807, 2.05) is 28.8 Å². The van der Waals surface area contributed by atoms with Crippen molar-refractivity contribution in [1.29, 1.82) is 0 Å². The van der Waals surface area contributed by atoms with Crippen LogP contribution in [0.15, 0.2) is 29.4 Å². The number of carbonyl (C=O) groups is 1. The number of guanidine groups is 1. The maximum Gasteiger partial charge on any atom is 0.306 e. The molecule has 0 unspecified atom stereocenters. The quantitative estimate of drug-likeness (QED) is 0.338. The Labute approximate surface area is 153 Å². The average molecular weight is 358 g/mol. The van der Waals surface area contributed by atoms with Gasteiger partial charge in [-0.2, -0.15) is 0 Å². The minimum absolute atomic E-state index is 0.100. The van der Waals surface area contributed by atoms with E-state index < -0.39 is 0 Å². The van der Waals surface area contributed by atoms with Crippen LogP contribution < -0.4 is 10.6 Å². The van der Waals surface area contributed by atoms with Gasteiger partial charge in [0.05, 0.1) is 6.54 Å². The van der Waals surface area contributed by atoms with E-state index in [-0.39, 0.29) is 12.1 Å². The number of hydrogen-bond acceptors (Lipinski definition) is 5. The highest BCUT2D eigenvalue weighted by Crippen LogP contribution is 2.21. The van der Waals surface area contributed by atoms with Crippen LogP contribution in [0.4, 0.5) is 0 Å². The molecule has 2 aromatic heterocycles. The molecule has 0 spiro atoms. The highest BCUT2D eigenvalue weighted by molar-refractivity contribution is 5.79. The van der Waals surface area contributed by atoms with Crippen LogP contribution in [0.3, 0.4) is 0 Å². The largest absolute Gasteiger partial charge is 0.462 e. The molecule has 2 heterocycles. The van der Waals surface area contributed by atoms with Crippen molar-refractivity contribution in [3.63, 3.8) is 0 Å². The van der Waals surface area contributed by atoms with Crippen molar-refractivity contribution in [2.75, 3.05) is 13.6 Å². The van der Waals surface area contributed by atoms with E-state index in [1.165, 1.54) is 12.8 Å². The van der Waals surface area contributed by atoms with Crippen LogP contribution in [0.5, 0.6) is 0 Å². The fourth-order valence-electron chi connectivity index (χ4n) is 3.09. The van der Waals surface area contributed by atoms with E-state index in [1.54, 1.807) is 7.05 Å². The first-order chi connectivity index (χ1) is 12.8. The summed E-state index contributed by atoms with van der Waals surface area (Å²) >= 11 is 0. The first-order valence-corrected chi connectivity index (χ1v) is 9.19. The van der Waals surface area contributed by atoms with Crippen molar-refractivity contribution in [1.82, 2.24) is 25.2 Å². The van der Waals surface area contributed by atoms with Gasteiger partial charge < -0.3 is 15.4 Å². The van der Waals surface area contributed by atoms with E-state index in [0.29, 0.717) is 31.9 Å². The molecule has 8 nitrogen and oxygen atoms in total. The molecule has 0 radical (unpaired) electrons. The van der Waals surface area contributed by atoms with Gasteiger partial charge in [-0.05, 0) is 44.2 Å². The molecular formula is C18H26N6O2. The normalized spacial score (nSPS) is 15.3.